The summed E-state index contributed by atoms with van der Waals surface area (Å²) < 4.78 is 28.2. The molecule has 2 aliphatic rings. The van der Waals surface area contributed by atoms with Crippen molar-refractivity contribution in [3.8, 4) is 0 Å². The van der Waals surface area contributed by atoms with Gasteiger partial charge >= 0.3 is 0 Å². The highest BCUT2D eigenvalue weighted by atomic mass is 32.2. The molecule has 20 heavy (non-hydrogen) atoms. The smallest absolute Gasteiger partial charge is 0.248 e. The molecule has 3 atom stereocenters. The first kappa shape index (κ1) is 13.8. The van der Waals surface area contributed by atoms with Gasteiger partial charge in [-0.15, -0.1) is 0 Å². The van der Waals surface area contributed by atoms with Crippen molar-refractivity contribution in [2.45, 2.75) is 37.3 Å². The fourth-order valence-corrected chi connectivity index (χ4v) is 4.90. The molecular formula is C12H20N4O3S. The number of anilines is 1. The van der Waals surface area contributed by atoms with Crippen molar-refractivity contribution in [3.63, 3.8) is 0 Å². The van der Waals surface area contributed by atoms with Gasteiger partial charge in [0.15, 0.2) is 5.82 Å². The van der Waals surface area contributed by atoms with Gasteiger partial charge in [0.25, 0.3) is 0 Å². The molecule has 0 bridgehead atoms. The van der Waals surface area contributed by atoms with Crippen LogP contribution in [0.2, 0.25) is 0 Å². The number of sulfonamides is 1. The summed E-state index contributed by atoms with van der Waals surface area (Å²) >= 11 is 0. The number of fused-ring (bicyclic) bond motifs is 1. The lowest BCUT2D eigenvalue weighted by Crippen LogP contribution is -2.31. The van der Waals surface area contributed by atoms with E-state index in [2.05, 4.69) is 5.10 Å². The minimum atomic E-state index is -3.61. The Balaban J connectivity index is 1.88. The van der Waals surface area contributed by atoms with Gasteiger partial charge in [-0.1, -0.05) is 0 Å². The van der Waals surface area contributed by atoms with Gasteiger partial charge in [-0.05, 0) is 25.7 Å². The Hall–Kier alpha value is -1.12. The molecule has 1 aliphatic carbocycles. The van der Waals surface area contributed by atoms with E-state index in [1.807, 2.05) is 6.92 Å². The van der Waals surface area contributed by atoms with Crippen LogP contribution in [0.3, 0.4) is 0 Å². The van der Waals surface area contributed by atoms with Crippen LogP contribution in [-0.2, 0) is 16.6 Å². The number of aliphatic hydroxyl groups excluding tert-OH is 1. The topological polar surface area (TPSA) is 101 Å². The van der Waals surface area contributed by atoms with E-state index in [0.29, 0.717) is 19.6 Å². The lowest BCUT2D eigenvalue weighted by atomic mass is 10.00. The van der Waals surface area contributed by atoms with Gasteiger partial charge in [0.1, 0.15) is 4.90 Å². The summed E-state index contributed by atoms with van der Waals surface area (Å²) in [6, 6.07) is 0. The van der Waals surface area contributed by atoms with Crippen LogP contribution < -0.4 is 5.73 Å². The number of rotatable bonds is 3. The van der Waals surface area contributed by atoms with Crippen LogP contribution in [0.25, 0.3) is 0 Å². The van der Waals surface area contributed by atoms with Crippen LogP contribution in [0.4, 0.5) is 5.82 Å². The number of hydrogen-bond acceptors (Lipinski definition) is 5. The van der Waals surface area contributed by atoms with Gasteiger partial charge in [-0.25, -0.2) is 8.42 Å². The van der Waals surface area contributed by atoms with E-state index in [0.717, 1.165) is 12.8 Å². The third-order valence-electron chi connectivity index (χ3n) is 4.48. The van der Waals surface area contributed by atoms with E-state index in [1.165, 1.54) is 15.2 Å². The second kappa shape index (κ2) is 4.71. The first-order valence-corrected chi connectivity index (χ1v) is 8.38. The highest BCUT2D eigenvalue weighted by Crippen LogP contribution is 2.40. The zero-order valence-electron chi connectivity index (χ0n) is 11.4. The maximum Gasteiger partial charge on any atom is 0.248 e. The van der Waals surface area contributed by atoms with E-state index in [4.69, 9.17) is 5.73 Å². The minimum absolute atomic E-state index is 0.0458. The lowest BCUT2D eigenvalue weighted by Gasteiger charge is -2.17. The normalized spacial score (nSPS) is 30.8. The molecular weight excluding hydrogens is 280 g/mol. The maximum atomic E-state index is 12.6. The Bertz CT molecular complexity index is 612. The van der Waals surface area contributed by atoms with E-state index in [9.17, 15) is 13.5 Å². The summed E-state index contributed by atoms with van der Waals surface area (Å²) in [5.74, 6) is 0.374. The maximum absolute atomic E-state index is 12.6. The summed E-state index contributed by atoms with van der Waals surface area (Å²) in [7, 11) is -3.61. The third kappa shape index (κ3) is 2.02. The molecule has 2 fully saturated rings. The Morgan fingerprint density at radius 1 is 1.45 bits per heavy atom. The molecule has 0 aromatic carbocycles. The zero-order valence-corrected chi connectivity index (χ0v) is 12.3. The number of nitrogen functional groups attached to an aromatic ring is 1. The zero-order chi connectivity index (χ0) is 14.5. The molecule has 7 nitrogen and oxygen atoms in total. The van der Waals surface area contributed by atoms with Gasteiger partial charge in [0.05, 0.1) is 6.10 Å². The van der Waals surface area contributed by atoms with Crippen LogP contribution >= 0.6 is 0 Å². The monoisotopic (exact) mass is 300 g/mol. The van der Waals surface area contributed by atoms with Crippen molar-refractivity contribution in [1.29, 1.82) is 0 Å². The number of nitrogens with zero attached hydrogens (tertiary/aromatic N) is 3. The standard InChI is InChI=1S/C12H20N4O3S/c1-2-15-7-11(12(13)14-15)20(18,19)16-5-8-3-4-10(17)9(8)6-16/h7-10,17H,2-6H2,1H3,(H2,13,14). The van der Waals surface area contributed by atoms with Crippen LogP contribution in [0.1, 0.15) is 19.8 Å². The molecule has 1 aromatic heterocycles. The molecule has 1 aromatic rings. The van der Waals surface area contributed by atoms with Gasteiger partial charge in [-0.3, -0.25) is 4.68 Å². The van der Waals surface area contributed by atoms with Crippen molar-refractivity contribution in [3.05, 3.63) is 6.20 Å². The Labute approximate surface area is 118 Å². The molecule has 0 radical (unpaired) electrons. The largest absolute Gasteiger partial charge is 0.393 e. The van der Waals surface area contributed by atoms with Crippen LogP contribution in [0.15, 0.2) is 11.1 Å². The molecule has 1 saturated carbocycles. The third-order valence-corrected chi connectivity index (χ3v) is 6.33. The van der Waals surface area contributed by atoms with E-state index < -0.39 is 10.0 Å². The SMILES string of the molecule is CCn1cc(S(=O)(=O)N2CC3CCC(O)C3C2)c(N)n1. The molecule has 1 aliphatic heterocycles. The summed E-state index contributed by atoms with van der Waals surface area (Å²) in [6.45, 7) is 3.30. The molecule has 3 rings (SSSR count). The molecule has 1 saturated heterocycles. The summed E-state index contributed by atoms with van der Waals surface area (Å²) in [6.07, 6.45) is 2.77. The first-order valence-electron chi connectivity index (χ1n) is 6.94. The molecule has 3 unspecified atom stereocenters. The van der Waals surface area contributed by atoms with Crippen molar-refractivity contribution < 1.29 is 13.5 Å². The average molecular weight is 300 g/mol. The predicted octanol–water partition coefficient (Wildman–Crippen LogP) is -0.123. The van der Waals surface area contributed by atoms with Crippen molar-refractivity contribution in [1.82, 2.24) is 14.1 Å². The molecule has 112 valence electrons. The van der Waals surface area contributed by atoms with E-state index in [-0.39, 0.29) is 28.7 Å². The molecule has 3 N–H and O–H groups in total. The number of aromatic nitrogens is 2. The highest BCUT2D eigenvalue weighted by Gasteiger charge is 2.46. The van der Waals surface area contributed by atoms with Gasteiger partial charge in [0, 0.05) is 31.7 Å². The van der Waals surface area contributed by atoms with Gasteiger partial charge in [0.2, 0.25) is 10.0 Å². The van der Waals surface area contributed by atoms with Crippen molar-refractivity contribution in [2.24, 2.45) is 11.8 Å². The van der Waals surface area contributed by atoms with Crippen molar-refractivity contribution >= 4 is 15.8 Å². The van der Waals surface area contributed by atoms with E-state index >= 15 is 0 Å². The number of nitrogens with two attached hydrogens (primary N) is 1. The Kier molecular flexibility index (Phi) is 3.26. The Morgan fingerprint density at radius 2 is 2.20 bits per heavy atom. The number of hydrogen-bond donors (Lipinski definition) is 2. The first-order chi connectivity index (χ1) is 9.43. The Morgan fingerprint density at radius 3 is 2.80 bits per heavy atom. The number of aliphatic hydroxyl groups is 1. The van der Waals surface area contributed by atoms with Crippen LogP contribution in [0, 0.1) is 11.8 Å². The summed E-state index contributed by atoms with van der Waals surface area (Å²) in [5, 5.41) is 13.9. The summed E-state index contributed by atoms with van der Waals surface area (Å²) in [5.41, 5.74) is 5.73. The summed E-state index contributed by atoms with van der Waals surface area (Å²) in [4.78, 5) is 0.0776. The fraction of sp³-hybridized carbons (Fsp3) is 0.750. The van der Waals surface area contributed by atoms with Crippen LogP contribution in [-0.4, -0.2) is 46.8 Å². The highest BCUT2D eigenvalue weighted by molar-refractivity contribution is 7.89. The second-order valence-corrected chi connectivity index (χ2v) is 7.53. The predicted molar refractivity (Wildman–Crippen MR) is 73.3 cm³/mol. The van der Waals surface area contributed by atoms with E-state index in [1.54, 1.807) is 0 Å². The lowest BCUT2D eigenvalue weighted by molar-refractivity contribution is 0.129. The quantitative estimate of drug-likeness (QED) is 0.810. The molecule has 0 amide bonds. The molecule has 0 spiro atoms. The van der Waals surface area contributed by atoms with Crippen molar-refractivity contribution in [2.75, 3.05) is 18.8 Å². The fourth-order valence-electron chi connectivity index (χ4n) is 3.31. The van der Waals surface area contributed by atoms with Gasteiger partial charge in [-0.2, -0.15) is 9.40 Å². The molecule has 8 heteroatoms. The van der Waals surface area contributed by atoms with Gasteiger partial charge < -0.3 is 10.8 Å². The second-order valence-electron chi connectivity index (χ2n) is 5.62. The number of aryl methyl sites for hydroxylation is 1. The minimum Gasteiger partial charge on any atom is -0.393 e. The average Bonchev–Trinajstić information content (AvgIpc) is 3.06. The van der Waals surface area contributed by atoms with Crippen LogP contribution in [0.5, 0.6) is 0 Å². The molecule has 2 heterocycles.